The van der Waals surface area contributed by atoms with Crippen LogP contribution >= 0.6 is 11.6 Å². The van der Waals surface area contributed by atoms with Gasteiger partial charge in [0.2, 0.25) is 0 Å². The summed E-state index contributed by atoms with van der Waals surface area (Å²) < 4.78 is 0. The standard InChI is InChI=1S/C18H38.C5H12ClN.H3N/c1-4-5-6-7-8-9-10-11-12-13-14-15-16-17-18(2)3;1-5(6)3-2-4-7;/h18H,4-17H2,1-3H3;5H,2-4,7H2,1H3;1H3. The maximum atomic E-state index is 5.60. The fourth-order valence-electron chi connectivity index (χ4n) is 2.97. The van der Waals surface area contributed by atoms with Crippen LogP contribution in [-0.4, -0.2) is 11.9 Å². The molecule has 0 saturated carbocycles. The molecule has 1 atom stereocenters. The number of rotatable bonds is 17. The molecule has 0 saturated heterocycles. The first-order valence-corrected chi connectivity index (χ1v) is 11.8. The molecular formula is C23H53ClN2. The summed E-state index contributed by atoms with van der Waals surface area (Å²) in [7, 11) is 0. The highest BCUT2D eigenvalue weighted by molar-refractivity contribution is 6.20. The predicted molar refractivity (Wildman–Crippen MR) is 124 cm³/mol. The van der Waals surface area contributed by atoms with Crippen LogP contribution in [0.15, 0.2) is 0 Å². The van der Waals surface area contributed by atoms with E-state index in [1.54, 1.807) is 0 Å². The van der Waals surface area contributed by atoms with Crippen molar-refractivity contribution >= 4 is 11.6 Å². The van der Waals surface area contributed by atoms with E-state index in [9.17, 15) is 0 Å². The Labute approximate surface area is 172 Å². The van der Waals surface area contributed by atoms with Gasteiger partial charge in [-0.2, -0.15) is 0 Å². The van der Waals surface area contributed by atoms with Crippen molar-refractivity contribution in [2.24, 2.45) is 11.7 Å². The molecule has 0 rings (SSSR count). The van der Waals surface area contributed by atoms with Crippen molar-refractivity contribution in [3.63, 3.8) is 0 Å². The predicted octanol–water partition coefficient (Wildman–Crippen LogP) is 8.64. The fourth-order valence-corrected chi connectivity index (χ4v) is 3.12. The second-order valence-corrected chi connectivity index (χ2v) is 8.88. The van der Waals surface area contributed by atoms with Crippen LogP contribution in [0.1, 0.15) is 130 Å². The summed E-state index contributed by atoms with van der Waals surface area (Å²) >= 11 is 5.60. The molecule has 26 heavy (non-hydrogen) atoms. The van der Waals surface area contributed by atoms with E-state index < -0.39 is 0 Å². The summed E-state index contributed by atoms with van der Waals surface area (Å²) in [6, 6.07) is 0. The second kappa shape index (κ2) is 27.4. The topological polar surface area (TPSA) is 61.0 Å². The molecule has 0 aromatic heterocycles. The van der Waals surface area contributed by atoms with Crippen molar-refractivity contribution in [2.75, 3.05) is 6.54 Å². The highest BCUT2D eigenvalue weighted by Crippen LogP contribution is 2.14. The third-order valence-corrected chi connectivity index (χ3v) is 4.91. The van der Waals surface area contributed by atoms with Gasteiger partial charge in [0, 0.05) is 5.38 Å². The molecule has 0 bridgehead atoms. The van der Waals surface area contributed by atoms with E-state index in [-0.39, 0.29) is 6.15 Å². The highest BCUT2D eigenvalue weighted by atomic mass is 35.5. The van der Waals surface area contributed by atoms with Crippen LogP contribution in [-0.2, 0) is 0 Å². The van der Waals surface area contributed by atoms with E-state index in [1.807, 2.05) is 6.92 Å². The molecule has 162 valence electrons. The van der Waals surface area contributed by atoms with Gasteiger partial charge in [0.05, 0.1) is 0 Å². The molecule has 1 unspecified atom stereocenters. The Morgan fingerprint density at radius 1 is 0.615 bits per heavy atom. The van der Waals surface area contributed by atoms with Gasteiger partial charge in [-0.3, -0.25) is 0 Å². The van der Waals surface area contributed by atoms with Crippen LogP contribution in [0.2, 0.25) is 0 Å². The van der Waals surface area contributed by atoms with Crippen molar-refractivity contribution < 1.29 is 0 Å². The van der Waals surface area contributed by atoms with Gasteiger partial charge in [-0.05, 0) is 32.2 Å². The molecule has 0 aliphatic heterocycles. The Hall–Kier alpha value is 0.210. The second-order valence-electron chi connectivity index (χ2n) is 8.14. The van der Waals surface area contributed by atoms with E-state index in [0.717, 1.165) is 25.3 Å². The molecule has 0 radical (unpaired) electrons. The Morgan fingerprint density at radius 2 is 1.00 bits per heavy atom. The number of halogens is 1. The lowest BCUT2D eigenvalue weighted by molar-refractivity contribution is 0.503. The maximum Gasteiger partial charge on any atom is 0.0308 e. The summed E-state index contributed by atoms with van der Waals surface area (Å²) in [4.78, 5) is 0. The first kappa shape index (κ1) is 30.9. The largest absolute Gasteiger partial charge is 0.344 e. The van der Waals surface area contributed by atoms with Crippen LogP contribution in [0, 0.1) is 5.92 Å². The maximum absolute atomic E-state index is 5.60. The average Bonchev–Trinajstić information content (AvgIpc) is 2.57. The Kier molecular flexibility index (Phi) is 32.6. The zero-order valence-corrected chi connectivity index (χ0v) is 19.6. The van der Waals surface area contributed by atoms with Gasteiger partial charge in [0.25, 0.3) is 0 Å². The molecule has 0 spiro atoms. The molecule has 0 aromatic rings. The summed E-state index contributed by atoms with van der Waals surface area (Å²) in [6.07, 6.45) is 22.6. The van der Waals surface area contributed by atoms with Gasteiger partial charge >= 0.3 is 0 Å². The van der Waals surface area contributed by atoms with Gasteiger partial charge in [0.15, 0.2) is 0 Å². The van der Waals surface area contributed by atoms with Crippen LogP contribution in [0.4, 0.5) is 0 Å². The molecule has 0 fully saturated rings. The van der Waals surface area contributed by atoms with Crippen LogP contribution in [0.3, 0.4) is 0 Å². The molecule has 3 heteroatoms. The molecule has 2 nitrogen and oxygen atoms in total. The van der Waals surface area contributed by atoms with Crippen molar-refractivity contribution in [2.45, 2.75) is 136 Å². The van der Waals surface area contributed by atoms with E-state index in [1.165, 1.54) is 89.9 Å². The third-order valence-electron chi connectivity index (χ3n) is 4.69. The van der Waals surface area contributed by atoms with Crippen LogP contribution < -0.4 is 11.9 Å². The molecule has 0 amide bonds. The van der Waals surface area contributed by atoms with E-state index in [2.05, 4.69) is 20.8 Å². The van der Waals surface area contributed by atoms with Crippen LogP contribution in [0.25, 0.3) is 0 Å². The van der Waals surface area contributed by atoms with Crippen molar-refractivity contribution in [3.05, 3.63) is 0 Å². The van der Waals surface area contributed by atoms with E-state index >= 15 is 0 Å². The number of hydrogen-bond acceptors (Lipinski definition) is 2. The van der Waals surface area contributed by atoms with E-state index in [0.29, 0.717) is 5.38 Å². The lowest BCUT2D eigenvalue weighted by Gasteiger charge is -2.04. The Bertz CT molecular complexity index is 220. The number of hydrogen-bond donors (Lipinski definition) is 2. The number of nitrogens with two attached hydrogens (primary N) is 1. The minimum atomic E-state index is 0. The highest BCUT2D eigenvalue weighted by Gasteiger charge is 1.95. The summed E-state index contributed by atoms with van der Waals surface area (Å²) in [6.45, 7) is 9.70. The minimum absolute atomic E-state index is 0. The summed E-state index contributed by atoms with van der Waals surface area (Å²) in [5.74, 6) is 0.901. The zero-order valence-electron chi connectivity index (χ0n) is 18.8. The monoisotopic (exact) mass is 392 g/mol. The molecule has 0 aromatic carbocycles. The summed E-state index contributed by atoms with van der Waals surface area (Å²) in [5, 5.41) is 0.295. The smallest absolute Gasteiger partial charge is 0.0308 e. The Balaban J connectivity index is -0.000000561. The average molecular weight is 393 g/mol. The fraction of sp³-hybridized carbons (Fsp3) is 1.00. The molecule has 0 aliphatic rings. The first-order chi connectivity index (χ1) is 12.0. The van der Waals surface area contributed by atoms with Crippen molar-refractivity contribution in [1.29, 1.82) is 0 Å². The van der Waals surface area contributed by atoms with Gasteiger partial charge in [0.1, 0.15) is 0 Å². The SMILES string of the molecule is CC(Cl)CCCN.CCCCCCCCCCCCCCCC(C)C.N. The zero-order chi connectivity index (χ0) is 19.2. The normalized spacial score (nSPS) is 11.7. The lowest BCUT2D eigenvalue weighted by Crippen LogP contribution is -2.01. The quantitative estimate of drug-likeness (QED) is 0.192. The van der Waals surface area contributed by atoms with Gasteiger partial charge in [-0.15, -0.1) is 11.6 Å². The Morgan fingerprint density at radius 3 is 1.27 bits per heavy atom. The van der Waals surface area contributed by atoms with Crippen LogP contribution in [0.5, 0.6) is 0 Å². The van der Waals surface area contributed by atoms with E-state index in [4.69, 9.17) is 17.3 Å². The molecular weight excluding hydrogens is 340 g/mol. The molecule has 0 heterocycles. The third kappa shape index (κ3) is 35.3. The van der Waals surface area contributed by atoms with Gasteiger partial charge in [-0.1, -0.05) is 111 Å². The summed E-state index contributed by atoms with van der Waals surface area (Å²) in [5.41, 5.74) is 5.22. The lowest BCUT2D eigenvalue weighted by atomic mass is 10.0. The number of alkyl halides is 1. The molecule has 5 N–H and O–H groups in total. The van der Waals surface area contributed by atoms with Crippen molar-refractivity contribution in [3.8, 4) is 0 Å². The molecule has 0 aliphatic carbocycles. The van der Waals surface area contributed by atoms with Gasteiger partial charge in [-0.25, -0.2) is 0 Å². The number of unbranched alkanes of at least 4 members (excludes halogenated alkanes) is 12. The first-order valence-electron chi connectivity index (χ1n) is 11.4. The van der Waals surface area contributed by atoms with Gasteiger partial charge < -0.3 is 11.9 Å². The minimum Gasteiger partial charge on any atom is -0.344 e. The van der Waals surface area contributed by atoms with Crippen molar-refractivity contribution in [1.82, 2.24) is 6.15 Å².